The Morgan fingerprint density at radius 2 is 2.19 bits per heavy atom. The van der Waals surface area contributed by atoms with E-state index in [9.17, 15) is 14.0 Å². The normalized spacial score (nSPS) is 17.2. The summed E-state index contributed by atoms with van der Waals surface area (Å²) in [5, 5.41) is -0.231. The molecule has 1 atom stereocenters. The van der Waals surface area contributed by atoms with Gasteiger partial charge in [-0.05, 0) is 43.7 Å². The van der Waals surface area contributed by atoms with Gasteiger partial charge in [0.2, 0.25) is 5.91 Å². The van der Waals surface area contributed by atoms with Crippen molar-refractivity contribution in [3.63, 3.8) is 0 Å². The Kier molecular flexibility index (Phi) is 5.66. The molecule has 0 unspecified atom stereocenters. The van der Waals surface area contributed by atoms with Crippen LogP contribution in [0.25, 0.3) is 0 Å². The summed E-state index contributed by atoms with van der Waals surface area (Å²) < 4.78 is 18.8. The number of amides is 2. The third kappa shape index (κ3) is 3.93. The lowest BCUT2D eigenvalue weighted by Crippen LogP contribution is -2.43. The van der Waals surface area contributed by atoms with Gasteiger partial charge >= 0.3 is 0 Å². The molecular weight excluding hydrogens is 355 g/mol. The quantitative estimate of drug-likeness (QED) is 0.774. The summed E-state index contributed by atoms with van der Waals surface area (Å²) in [6.07, 6.45) is 1.46. The first kappa shape index (κ1) is 18.5. The van der Waals surface area contributed by atoms with Crippen LogP contribution >= 0.6 is 11.8 Å². The van der Waals surface area contributed by atoms with Gasteiger partial charge in [-0.1, -0.05) is 12.1 Å². The van der Waals surface area contributed by atoms with Crippen LogP contribution in [-0.2, 0) is 4.79 Å². The number of rotatable bonds is 6. The molecule has 2 amide bonds. The number of hydrogen-bond donors (Lipinski definition) is 0. The summed E-state index contributed by atoms with van der Waals surface area (Å²) in [4.78, 5) is 28.3. The monoisotopic (exact) mass is 376 g/mol. The molecule has 1 fully saturated rings. The van der Waals surface area contributed by atoms with Gasteiger partial charge in [-0.25, -0.2) is 4.39 Å². The molecule has 2 heterocycles. The third-order valence-electron chi connectivity index (χ3n) is 4.30. The fourth-order valence-electron chi connectivity index (χ4n) is 2.98. The van der Waals surface area contributed by atoms with Crippen LogP contribution < -0.4 is 0 Å². The van der Waals surface area contributed by atoms with Crippen molar-refractivity contribution in [1.82, 2.24) is 9.80 Å². The molecule has 0 bridgehead atoms. The van der Waals surface area contributed by atoms with E-state index in [0.29, 0.717) is 18.8 Å². The van der Waals surface area contributed by atoms with Crippen molar-refractivity contribution in [2.75, 3.05) is 18.8 Å². The Morgan fingerprint density at radius 1 is 1.38 bits per heavy atom. The Balaban J connectivity index is 1.73. The van der Waals surface area contributed by atoms with E-state index in [-0.39, 0.29) is 34.8 Å². The van der Waals surface area contributed by atoms with Gasteiger partial charge in [-0.3, -0.25) is 9.59 Å². The zero-order valence-electron chi connectivity index (χ0n) is 14.7. The largest absolute Gasteiger partial charge is 0.459 e. The van der Waals surface area contributed by atoms with Crippen molar-refractivity contribution in [2.24, 2.45) is 0 Å². The Hall–Kier alpha value is -2.28. The highest BCUT2D eigenvalue weighted by Crippen LogP contribution is 2.38. The number of carbonyl (C=O) groups is 2. The van der Waals surface area contributed by atoms with Crippen molar-refractivity contribution in [2.45, 2.75) is 25.3 Å². The first-order valence-corrected chi connectivity index (χ1v) is 9.53. The summed E-state index contributed by atoms with van der Waals surface area (Å²) in [5.41, 5.74) is 0.759. The lowest BCUT2D eigenvalue weighted by atomic mass is 10.2. The van der Waals surface area contributed by atoms with Gasteiger partial charge < -0.3 is 14.2 Å². The number of furan rings is 1. The van der Waals surface area contributed by atoms with Crippen LogP contribution in [0.5, 0.6) is 0 Å². The lowest BCUT2D eigenvalue weighted by Gasteiger charge is -2.30. The fraction of sp³-hybridized carbons (Fsp3) is 0.368. The molecule has 0 saturated carbocycles. The highest BCUT2D eigenvalue weighted by atomic mass is 32.2. The van der Waals surface area contributed by atoms with Gasteiger partial charge in [0, 0.05) is 19.1 Å². The zero-order chi connectivity index (χ0) is 18.7. The average molecular weight is 376 g/mol. The number of hydrogen-bond acceptors (Lipinski definition) is 4. The van der Waals surface area contributed by atoms with E-state index in [1.54, 1.807) is 28.0 Å². The van der Waals surface area contributed by atoms with E-state index in [4.69, 9.17) is 4.42 Å². The van der Waals surface area contributed by atoms with Gasteiger partial charge in [0.1, 0.15) is 11.2 Å². The second-order valence-electron chi connectivity index (χ2n) is 6.38. The minimum atomic E-state index is -0.320. The predicted octanol–water partition coefficient (Wildman–Crippen LogP) is 3.54. The highest BCUT2D eigenvalue weighted by Gasteiger charge is 2.33. The Bertz CT molecular complexity index is 779. The second kappa shape index (κ2) is 7.95. The third-order valence-corrected chi connectivity index (χ3v) is 5.56. The molecule has 1 aliphatic heterocycles. The maximum absolute atomic E-state index is 13.6. The molecule has 0 aliphatic carbocycles. The molecule has 1 aliphatic rings. The molecule has 7 heteroatoms. The van der Waals surface area contributed by atoms with Crippen molar-refractivity contribution >= 4 is 23.6 Å². The maximum atomic E-state index is 13.6. The van der Waals surface area contributed by atoms with Gasteiger partial charge in [0.15, 0.2) is 5.76 Å². The second-order valence-corrected chi connectivity index (χ2v) is 7.44. The van der Waals surface area contributed by atoms with Gasteiger partial charge in [0.25, 0.3) is 5.91 Å². The first-order chi connectivity index (χ1) is 12.5. The average Bonchev–Trinajstić information content (AvgIpc) is 3.25. The van der Waals surface area contributed by atoms with Gasteiger partial charge in [0.05, 0.1) is 12.0 Å². The Morgan fingerprint density at radius 3 is 2.85 bits per heavy atom. The van der Waals surface area contributed by atoms with Gasteiger partial charge in [-0.2, -0.15) is 0 Å². The van der Waals surface area contributed by atoms with Crippen LogP contribution in [0.4, 0.5) is 4.39 Å². The van der Waals surface area contributed by atoms with Crippen LogP contribution in [-0.4, -0.2) is 46.5 Å². The minimum Gasteiger partial charge on any atom is -0.459 e. The summed E-state index contributed by atoms with van der Waals surface area (Å²) >= 11 is 1.47. The van der Waals surface area contributed by atoms with Crippen LogP contribution in [0.15, 0.2) is 47.1 Å². The van der Waals surface area contributed by atoms with E-state index in [0.717, 1.165) is 5.56 Å². The zero-order valence-corrected chi connectivity index (χ0v) is 15.5. The van der Waals surface area contributed by atoms with E-state index in [1.165, 1.54) is 30.2 Å². The molecule has 138 valence electrons. The van der Waals surface area contributed by atoms with Crippen molar-refractivity contribution in [3.05, 3.63) is 59.8 Å². The van der Waals surface area contributed by atoms with E-state index in [1.807, 2.05) is 19.9 Å². The molecule has 1 aromatic heterocycles. The molecule has 2 aromatic rings. The van der Waals surface area contributed by atoms with E-state index >= 15 is 0 Å². The van der Waals surface area contributed by atoms with Gasteiger partial charge in [-0.15, -0.1) is 11.8 Å². The molecule has 3 rings (SSSR count). The standard InChI is InChI=1S/C19H21FN2O3S/c1-13(2)21(18(24)16-7-4-10-25-16)8-9-22-17(23)12-26-19(22)14-5-3-6-15(20)11-14/h3-7,10-11,13,19H,8-9,12H2,1-2H3/t19-/m1/s1. The topological polar surface area (TPSA) is 53.8 Å². The highest BCUT2D eigenvalue weighted by molar-refractivity contribution is 8.00. The summed E-state index contributed by atoms with van der Waals surface area (Å²) in [5.74, 6) is 0.112. The van der Waals surface area contributed by atoms with Crippen LogP contribution in [0.2, 0.25) is 0 Å². The van der Waals surface area contributed by atoms with E-state index in [2.05, 4.69) is 0 Å². The summed E-state index contributed by atoms with van der Waals surface area (Å²) in [6, 6.07) is 9.57. The smallest absolute Gasteiger partial charge is 0.289 e. The van der Waals surface area contributed by atoms with Crippen LogP contribution in [0.1, 0.15) is 35.3 Å². The molecule has 0 N–H and O–H groups in total. The molecule has 1 aromatic carbocycles. The lowest BCUT2D eigenvalue weighted by molar-refractivity contribution is -0.128. The van der Waals surface area contributed by atoms with Crippen molar-refractivity contribution in [1.29, 1.82) is 0 Å². The predicted molar refractivity (Wildman–Crippen MR) is 98.2 cm³/mol. The number of thioether (sulfide) groups is 1. The number of carbonyl (C=O) groups excluding carboxylic acids is 2. The van der Waals surface area contributed by atoms with Crippen molar-refractivity contribution < 1.29 is 18.4 Å². The molecule has 26 heavy (non-hydrogen) atoms. The van der Waals surface area contributed by atoms with Crippen LogP contribution in [0.3, 0.4) is 0 Å². The molecular formula is C19H21FN2O3S. The summed E-state index contributed by atoms with van der Waals surface area (Å²) in [6.45, 7) is 4.61. The molecule has 0 radical (unpaired) electrons. The first-order valence-electron chi connectivity index (χ1n) is 8.48. The number of benzene rings is 1. The van der Waals surface area contributed by atoms with Crippen LogP contribution in [0, 0.1) is 5.82 Å². The number of nitrogens with zero attached hydrogens (tertiary/aromatic N) is 2. The minimum absolute atomic E-state index is 0.00147. The van der Waals surface area contributed by atoms with E-state index < -0.39 is 0 Å². The maximum Gasteiger partial charge on any atom is 0.289 e. The Labute approximate surface area is 156 Å². The molecule has 1 saturated heterocycles. The number of halogens is 1. The van der Waals surface area contributed by atoms with Crippen molar-refractivity contribution in [3.8, 4) is 0 Å². The fourth-order valence-corrected chi connectivity index (χ4v) is 4.19. The molecule has 5 nitrogen and oxygen atoms in total. The SMILES string of the molecule is CC(C)N(CCN1C(=O)CS[C@@H]1c1cccc(F)c1)C(=O)c1ccco1. The summed E-state index contributed by atoms with van der Waals surface area (Å²) in [7, 11) is 0. The molecule has 0 spiro atoms.